The Hall–Kier alpha value is -3.36. The van der Waals surface area contributed by atoms with Gasteiger partial charge < -0.3 is 4.42 Å². The average Bonchev–Trinajstić information content (AvgIpc) is 3.24. The number of rotatable bonds is 6. The summed E-state index contributed by atoms with van der Waals surface area (Å²) in [6.45, 7) is 2.15. The molecule has 0 unspecified atom stereocenters. The molecule has 0 saturated carbocycles. The van der Waals surface area contributed by atoms with E-state index < -0.39 is 10.0 Å². The van der Waals surface area contributed by atoms with E-state index in [4.69, 9.17) is 4.42 Å². The highest BCUT2D eigenvalue weighted by Crippen LogP contribution is 2.25. The smallest absolute Gasteiger partial charge is 0.248 e. The summed E-state index contributed by atoms with van der Waals surface area (Å²) in [5.41, 5.74) is 3.23. The van der Waals surface area contributed by atoms with Gasteiger partial charge in [-0.3, -0.25) is 4.98 Å². The number of sulfonamides is 1. The minimum absolute atomic E-state index is 0.119. The van der Waals surface area contributed by atoms with E-state index in [2.05, 4.69) is 19.9 Å². The lowest BCUT2D eigenvalue weighted by molar-refractivity contribution is 0.580. The van der Waals surface area contributed by atoms with Crippen LogP contribution in [0.3, 0.4) is 0 Å². The van der Waals surface area contributed by atoms with Crippen LogP contribution in [0.1, 0.15) is 11.1 Å². The summed E-state index contributed by atoms with van der Waals surface area (Å²) in [4.78, 5) is 4.10. The van der Waals surface area contributed by atoms with Crippen LogP contribution < -0.4 is 4.72 Å². The maximum atomic E-state index is 12.6. The van der Waals surface area contributed by atoms with Gasteiger partial charge in [-0.25, -0.2) is 13.1 Å². The van der Waals surface area contributed by atoms with Crippen molar-refractivity contribution in [3.05, 3.63) is 84.2 Å². The van der Waals surface area contributed by atoms with Crippen LogP contribution in [0.15, 0.2) is 82.4 Å². The van der Waals surface area contributed by atoms with E-state index in [1.807, 2.05) is 31.2 Å². The first-order valence-electron chi connectivity index (χ1n) is 8.91. The standard InChI is InChI=1S/C21H18N4O3S/c1-15-7-9-17(10-8-15)20-24-25-21(28-20)18-5-2-6-19(12-18)29(26,27)23-14-16-4-3-11-22-13-16/h2-13,23H,14H2,1H3. The zero-order valence-electron chi connectivity index (χ0n) is 15.6. The molecule has 1 N–H and O–H groups in total. The van der Waals surface area contributed by atoms with Crippen molar-refractivity contribution in [1.82, 2.24) is 19.9 Å². The third-order valence-electron chi connectivity index (χ3n) is 4.30. The van der Waals surface area contributed by atoms with Crippen molar-refractivity contribution in [2.24, 2.45) is 0 Å². The average molecular weight is 406 g/mol. The van der Waals surface area contributed by atoms with Crippen molar-refractivity contribution in [2.45, 2.75) is 18.4 Å². The van der Waals surface area contributed by atoms with E-state index in [-0.39, 0.29) is 17.3 Å². The maximum absolute atomic E-state index is 12.6. The van der Waals surface area contributed by atoms with Gasteiger partial charge in [0.1, 0.15) is 0 Å². The molecule has 0 saturated heterocycles. The molecule has 0 aliphatic heterocycles. The zero-order valence-corrected chi connectivity index (χ0v) is 16.4. The van der Waals surface area contributed by atoms with Gasteiger partial charge in [0.2, 0.25) is 21.8 Å². The summed E-state index contributed by atoms with van der Waals surface area (Å²) < 4.78 is 33.6. The number of nitrogens with zero attached hydrogens (tertiary/aromatic N) is 3. The molecule has 0 aliphatic rings. The highest BCUT2D eigenvalue weighted by Gasteiger charge is 2.17. The first kappa shape index (κ1) is 19.0. The Balaban J connectivity index is 1.56. The first-order chi connectivity index (χ1) is 14.0. The predicted molar refractivity (Wildman–Crippen MR) is 108 cm³/mol. The van der Waals surface area contributed by atoms with Gasteiger partial charge in [0.25, 0.3) is 0 Å². The van der Waals surface area contributed by atoms with Gasteiger partial charge in [0, 0.05) is 30.1 Å². The molecule has 0 spiro atoms. The second-order valence-electron chi connectivity index (χ2n) is 6.49. The third-order valence-corrected chi connectivity index (χ3v) is 5.70. The molecule has 0 fully saturated rings. The van der Waals surface area contributed by atoms with E-state index in [0.29, 0.717) is 11.5 Å². The lowest BCUT2D eigenvalue weighted by Gasteiger charge is -2.07. The van der Waals surface area contributed by atoms with Crippen LogP contribution in [0, 0.1) is 6.92 Å². The molecule has 2 aromatic heterocycles. The molecular formula is C21H18N4O3S. The summed E-state index contributed by atoms with van der Waals surface area (Å²) in [6.07, 6.45) is 3.25. The molecule has 7 nitrogen and oxygen atoms in total. The molecule has 2 heterocycles. The highest BCUT2D eigenvalue weighted by molar-refractivity contribution is 7.89. The zero-order chi connectivity index (χ0) is 20.3. The molecule has 8 heteroatoms. The fraction of sp³-hybridized carbons (Fsp3) is 0.0952. The number of aromatic nitrogens is 3. The monoisotopic (exact) mass is 406 g/mol. The van der Waals surface area contributed by atoms with Crippen LogP contribution in [0.2, 0.25) is 0 Å². The minimum Gasteiger partial charge on any atom is -0.416 e. The molecule has 0 radical (unpaired) electrons. The summed E-state index contributed by atoms with van der Waals surface area (Å²) in [5.74, 6) is 0.632. The Kier molecular flexibility index (Phi) is 5.20. The second kappa shape index (κ2) is 7.94. The lowest BCUT2D eigenvalue weighted by atomic mass is 10.1. The van der Waals surface area contributed by atoms with Crippen molar-refractivity contribution in [2.75, 3.05) is 0 Å². The van der Waals surface area contributed by atoms with Gasteiger partial charge in [-0.1, -0.05) is 29.8 Å². The van der Waals surface area contributed by atoms with Gasteiger partial charge in [-0.15, -0.1) is 10.2 Å². The lowest BCUT2D eigenvalue weighted by Crippen LogP contribution is -2.23. The van der Waals surface area contributed by atoms with Crippen LogP contribution in [0.5, 0.6) is 0 Å². The summed E-state index contributed by atoms with van der Waals surface area (Å²) in [5, 5.41) is 8.13. The number of pyridine rings is 1. The second-order valence-corrected chi connectivity index (χ2v) is 8.26. The molecule has 0 bridgehead atoms. The molecule has 0 aliphatic carbocycles. The fourth-order valence-corrected chi connectivity index (χ4v) is 3.78. The van der Waals surface area contributed by atoms with E-state index in [0.717, 1.165) is 16.7 Å². The van der Waals surface area contributed by atoms with Crippen molar-refractivity contribution in [1.29, 1.82) is 0 Å². The number of nitrogens with one attached hydrogen (secondary N) is 1. The van der Waals surface area contributed by atoms with Crippen molar-refractivity contribution in [3.63, 3.8) is 0 Å². The Labute approximate surface area is 168 Å². The van der Waals surface area contributed by atoms with Crippen molar-refractivity contribution in [3.8, 4) is 22.9 Å². The van der Waals surface area contributed by atoms with Gasteiger partial charge in [-0.05, 0) is 48.9 Å². The summed E-state index contributed by atoms with van der Waals surface area (Å²) in [6, 6.07) is 17.7. The Bertz CT molecular complexity index is 1220. The predicted octanol–water partition coefficient (Wildman–Crippen LogP) is 3.59. The van der Waals surface area contributed by atoms with E-state index >= 15 is 0 Å². The Morgan fingerprint density at radius 1 is 0.931 bits per heavy atom. The van der Waals surface area contributed by atoms with Crippen LogP contribution in [0.4, 0.5) is 0 Å². The van der Waals surface area contributed by atoms with Crippen molar-refractivity contribution >= 4 is 10.0 Å². The molecule has 0 atom stereocenters. The van der Waals surface area contributed by atoms with Gasteiger partial charge >= 0.3 is 0 Å². The molecule has 146 valence electrons. The largest absolute Gasteiger partial charge is 0.416 e. The molecule has 0 amide bonds. The summed E-state index contributed by atoms with van der Waals surface area (Å²) in [7, 11) is -3.71. The van der Waals surface area contributed by atoms with Crippen LogP contribution in [-0.2, 0) is 16.6 Å². The number of benzene rings is 2. The molecule has 2 aromatic carbocycles. The van der Waals surface area contributed by atoms with Crippen molar-refractivity contribution < 1.29 is 12.8 Å². The number of hydrogen-bond acceptors (Lipinski definition) is 6. The van der Waals surface area contributed by atoms with Gasteiger partial charge in [0.15, 0.2) is 0 Å². The SMILES string of the molecule is Cc1ccc(-c2nnc(-c3cccc(S(=O)(=O)NCc4cccnc4)c3)o2)cc1. The highest BCUT2D eigenvalue weighted by atomic mass is 32.2. The third kappa shape index (κ3) is 4.39. The van der Waals surface area contributed by atoms with E-state index in [1.54, 1.807) is 36.7 Å². The quantitative estimate of drug-likeness (QED) is 0.525. The molecule has 4 aromatic rings. The number of aryl methyl sites for hydroxylation is 1. The molecule has 4 rings (SSSR count). The molecule has 29 heavy (non-hydrogen) atoms. The van der Waals surface area contributed by atoms with Crippen LogP contribution >= 0.6 is 0 Å². The van der Waals surface area contributed by atoms with Crippen LogP contribution in [-0.4, -0.2) is 23.6 Å². The van der Waals surface area contributed by atoms with E-state index in [1.165, 1.54) is 12.1 Å². The van der Waals surface area contributed by atoms with Crippen LogP contribution in [0.25, 0.3) is 22.9 Å². The van der Waals surface area contributed by atoms with Gasteiger partial charge in [-0.2, -0.15) is 0 Å². The minimum atomic E-state index is -3.71. The topological polar surface area (TPSA) is 98.0 Å². The molecular weight excluding hydrogens is 388 g/mol. The number of hydrogen-bond donors (Lipinski definition) is 1. The van der Waals surface area contributed by atoms with Gasteiger partial charge in [0.05, 0.1) is 4.90 Å². The van der Waals surface area contributed by atoms with E-state index in [9.17, 15) is 8.42 Å². The fourth-order valence-electron chi connectivity index (χ4n) is 2.71. The Morgan fingerprint density at radius 3 is 2.41 bits per heavy atom. The maximum Gasteiger partial charge on any atom is 0.248 e. The normalized spacial score (nSPS) is 11.5. The first-order valence-corrected chi connectivity index (χ1v) is 10.4. The summed E-state index contributed by atoms with van der Waals surface area (Å²) >= 11 is 0. The Morgan fingerprint density at radius 2 is 1.69 bits per heavy atom.